The van der Waals surface area contributed by atoms with Crippen LogP contribution in [-0.2, 0) is 16.0 Å². The van der Waals surface area contributed by atoms with E-state index in [2.05, 4.69) is 5.32 Å². The zero-order valence-corrected chi connectivity index (χ0v) is 17.3. The minimum Gasteiger partial charge on any atom is -0.493 e. The predicted molar refractivity (Wildman–Crippen MR) is 112 cm³/mol. The van der Waals surface area contributed by atoms with E-state index in [1.165, 1.54) is 0 Å². The summed E-state index contributed by atoms with van der Waals surface area (Å²) < 4.78 is 10.6. The van der Waals surface area contributed by atoms with Gasteiger partial charge in [-0.25, -0.2) is 0 Å². The Hall–Kier alpha value is -3.06. The average molecular weight is 412 g/mol. The standard InChI is InChI=1S/C23H28N2O5/c1-29-20-9-8-16(12-21(20)30-2)10-11-25-14-18(13-22(25)27)23(28)24-19(15-26)17-6-4-3-5-7-17/h3-9,12,18-19,26H,10-11,13-15H2,1-2H3,(H,24,28)/t18-,19+/m0/s1. The maximum atomic E-state index is 12.7. The molecule has 2 atom stereocenters. The summed E-state index contributed by atoms with van der Waals surface area (Å²) in [5.74, 6) is 0.652. The molecule has 0 spiro atoms. The summed E-state index contributed by atoms with van der Waals surface area (Å²) in [4.78, 5) is 26.8. The molecule has 2 amide bonds. The molecular weight excluding hydrogens is 384 g/mol. The summed E-state index contributed by atoms with van der Waals surface area (Å²) in [5, 5.41) is 12.5. The van der Waals surface area contributed by atoms with Crippen molar-refractivity contribution in [1.82, 2.24) is 10.2 Å². The zero-order chi connectivity index (χ0) is 21.5. The second-order valence-electron chi connectivity index (χ2n) is 7.33. The van der Waals surface area contributed by atoms with E-state index in [1.54, 1.807) is 19.1 Å². The lowest BCUT2D eigenvalue weighted by atomic mass is 10.0. The van der Waals surface area contributed by atoms with Crippen LogP contribution in [0.25, 0.3) is 0 Å². The van der Waals surface area contributed by atoms with Crippen molar-refractivity contribution >= 4 is 11.8 Å². The summed E-state index contributed by atoms with van der Waals surface area (Å²) in [6, 6.07) is 14.5. The molecule has 7 heteroatoms. The first-order chi connectivity index (χ1) is 14.5. The van der Waals surface area contributed by atoms with Gasteiger partial charge in [0.05, 0.1) is 32.8 Å². The number of hydrogen-bond acceptors (Lipinski definition) is 5. The molecule has 1 fully saturated rings. The SMILES string of the molecule is COc1ccc(CCN2C[C@@H](C(=O)N[C@H](CO)c3ccccc3)CC2=O)cc1OC. The van der Waals surface area contributed by atoms with Crippen LogP contribution < -0.4 is 14.8 Å². The third kappa shape index (κ3) is 5.10. The van der Waals surface area contributed by atoms with E-state index in [0.29, 0.717) is 31.0 Å². The van der Waals surface area contributed by atoms with Crippen molar-refractivity contribution in [2.24, 2.45) is 5.92 Å². The molecule has 0 aliphatic carbocycles. The minimum absolute atomic E-state index is 0.0316. The van der Waals surface area contributed by atoms with Crippen LogP contribution in [0.15, 0.2) is 48.5 Å². The van der Waals surface area contributed by atoms with E-state index in [-0.39, 0.29) is 24.8 Å². The molecule has 0 aromatic heterocycles. The quantitative estimate of drug-likeness (QED) is 0.657. The molecule has 2 aromatic carbocycles. The number of likely N-dealkylation sites (tertiary alicyclic amines) is 1. The van der Waals surface area contributed by atoms with E-state index in [0.717, 1.165) is 11.1 Å². The van der Waals surface area contributed by atoms with Gasteiger partial charge in [0.15, 0.2) is 11.5 Å². The number of benzene rings is 2. The number of aliphatic hydroxyl groups excluding tert-OH is 1. The number of ether oxygens (including phenoxy) is 2. The van der Waals surface area contributed by atoms with Gasteiger partial charge in [-0.1, -0.05) is 36.4 Å². The fraction of sp³-hybridized carbons (Fsp3) is 0.391. The zero-order valence-electron chi connectivity index (χ0n) is 17.3. The van der Waals surface area contributed by atoms with Gasteiger partial charge in [-0.05, 0) is 29.7 Å². The van der Waals surface area contributed by atoms with Crippen molar-refractivity contribution in [2.45, 2.75) is 18.9 Å². The van der Waals surface area contributed by atoms with E-state index >= 15 is 0 Å². The summed E-state index contributed by atoms with van der Waals surface area (Å²) in [7, 11) is 3.18. The Labute approximate surface area is 176 Å². The highest BCUT2D eigenvalue weighted by molar-refractivity contribution is 5.89. The smallest absolute Gasteiger partial charge is 0.225 e. The molecule has 1 saturated heterocycles. The largest absolute Gasteiger partial charge is 0.493 e. The fourth-order valence-electron chi connectivity index (χ4n) is 3.67. The first kappa shape index (κ1) is 21.6. The summed E-state index contributed by atoms with van der Waals surface area (Å²) >= 11 is 0. The van der Waals surface area contributed by atoms with Crippen molar-refractivity contribution in [1.29, 1.82) is 0 Å². The normalized spacial score (nSPS) is 17.0. The number of nitrogens with one attached hydrogen (secondary N) is 1. The van der Waals surface area contributed by atoms with Gasteiger partial charge in [0.1, 0.15) is 0 Å². The molecule has 3 rings (SSSR count). The van der Waals surface area contributed by atoms with Crippen LogP contribution in [0.1, 0.15) is 23.6 Å². The molecule has 160 valence electrons. The molecule has 7 nitrogen and oxygen atoms in total. The lowest BCUT2D eigenvalue weighted by Crippen LogP contribution is -2.37. The van der Waals surface area contributed by atoms with Crippen molar-refractivity contribution in [3.05, 3.63) is 59.7 Å². The Morgan fingerprint density at radius 3 is 2.57 bits per heavy atom. The van der Waals surface area contributed by atoms with Crippen LogP contribution in [0, 0.1) is 5.92 Å². The van der Waals surface area contributed by atoms with Crippen molar-refractivity contribution in [3.8, 4) is 11.5 Å². The van der Waals surface area contributed by atoms with Crippen LogP contribution in [0.4, 0.5) is 0 Å². The predicted octanol–water partition coefficient (Wildman–Crippen LogP) is 1.94. The van der Waals surface area contributed by atoms with Gasteiger partial charge >= 0.3 is 0 Å². The number of carbonyl (C=O) groups is 2. The Balaban J connectivity index is 1.56. The van der Waals surface area contributed by atoms with Gasteiger partial charge in [-0.15, -0.1) is 0 Å². The van der Waals surface area contributed by atoms with Gasteiger partial charge in [-0.2, -0.15) is 0 Å². The Bertz CT molecular complexity index is 871. The number of methoxy groups -OCH3 is 2. The Morgan fingerprint density at radius 2 is 1.90 bits per heavy atom. The van der Waals surface area contributed by atoms with E-state index in [9.17, 15) is 14.7 Å². The molecule has 0 saturated carbocycles. The lowest BCUT2D eigenvalue weighted by molar-refractivity contribution is -0.129. The number of carbonyl (C=O) groups excluding carboxylic acids is 2. The highest BCUT2D eigenvalue weighted by Gasteiger charge is 2.34. The van der Waals surface area contributed by atoms with Crippen LogP contribution in [0.2, 0.25) is 0 Å². The van der Waals surface area contributed by atoms with Gasteiger partial charge < -0.3 is 24.8 Å². The molecule has 2 aromatic rings. The van der Waals surface area contributed by atoms with Gasteiger partial charge in [0.2, 0.25) is 11.8 Å². The molecule has 0 unspecified atom stereocenters. The van der Waals surface area contributed by atoms with Gasteiger partial charge in [0, 0.05) is 19.5 Å². The highest BCUT2D eigenvalue weighted by atomic mass is 16.5. The maximum Gasteiger partial charge on any atom is 0.225 e. The Morgan fingerprint density at radius 1 is 1.17 bits per heavy atom. The first-order valence-corrected chi connectivity index (χ1v) is 10.0. The molecule has 0 radical (unpaired) electrons. The van der Waals surface area contributed by atoms with E-state index < -0.39 is 12.0 Å². The molecule has 1 heterocycles. The first-order valence-electron chi connectivity index (χ1n) is 10.0. The highest BCUT2D eigenvalue weighted by Crippen LogP contribution is 2.28. The van der Waals surface area contributed by atoms with Crippen LogP contribution >= 0.6 is 0 Å². The molecule has 1 aliphatic heterocycles. The lowest BCUT2D eigenvalue weighted by Gasteiger charge is -2.20. The second-order valence-corrected chi connectivity index (χ2v) is 7.33. The minimum atomic E-state index is -0.477. The maximum absolute atomic E-state index is 12.7. The van der Waals surface area contributed by atoms with E-state index in [4.69, 9.17) is 9.47 Å². The van der Waals surface area contributed by atoms with Gasteiger partial charge in [-0.3, -0.25) is 9.59 Å². The van der Waals surface area contributed by atoms with Crippen molar-refractivity contribution < 1.29 is 24.2 Å². The number of rotatable bonds is 9. The molecule has 2 N–H and O–H groups in total. The summed E-state index contributed by atoms with van der Waals surface area (Å²) in [6.45, 7) is 0.713. The monoisotopic (exact) mass is 412 g/mol. The third-order valence-electron chi connectivity index (χ3n) is 5.40. The number of amides is 2. The molecule has 0 bridgehead atoms. The number of hydrogen-bond donors (Lipinski definition) is 2. The third-order valence-corrected chi connectivity index (χ3v) is 5.40. The Kier molecular flexibility index (Phi) is 7.30. The van der Waals surface area contributed by atoms with E-state index in [1.807, 2.05) is 48.5 Å². The summed E-state index contributed by atoms with van der Waals surface area (Å²) in [6.07, 6.45) is 0.842. The van der Waals surface area contributed by atoms with Crippen LogP contribution in [-0.4, -0.2) is 55.7 Å². The van der Waals surface area contributed by atoms with Crippen LogP contribution in [0.5, 0.6) is 11.5 Å². The van der Waals surface area contributed by atoms with Crippen molar-refractivity contribution in [2.75, 3.05) is 33.9 Å². The van der Waals surface area contributed by atoms with Gasteiger partial charge in [0.25, 0.3) is 0 Å². The second kappa shape index (κ2) is 10.1. The molecule has 1 aliphatic rings. The number of aliphatic hydroxyl groups is 1. The average Bonchev–Trinajstić information content (AvgIpc) is 3.16. The molecule has 30 heavy (non-hydrogen) atoms. The number of nitrogens with zero attached hydrogens (tertiary/aromatic N) is 1. The fourth-order valence-corrected chi connectivity index (χ4v) is 3.67. The molecular formula is C23H28N2O5. The topological polar surface area (TPSA) is 88.1 Å². The van der Waals surface area contributed by atoms with Crippen molar-refractivity contribution in [3.63, 3.8) is 0 Å². The van der Waals surface area contributed by atoms with Crippen LogP contribution in [0.3, 0.4) is 0 Å². The summed E-state index contributed by atoms with van der Waals surface area (Å²) in [5.41, 5.74) is 1.86.